The van der Waals surface area contributed by atoms with E-state index in [0.29, 0.717) is 324 Å². The highest BCUT2D eigenvalue weighted by atomic mass is 16.6. The van der Waals surface area contributed by atoms with Crippen LogP contribution in [0.25, 0.3) is 0 Å². The molecule has 95 heavy (non-hydrogen) atoms. The normalized spacial score (nSPS) is 11.7. The summed E-state index contributed by atoms with van der Waals surface area (Å²) < 4.78 is 137. The Morgan fingerprint density at radius 2 is 0.305 bits per heavy atom. The summed E-state index contributed by atoms with van der Waals surface area (Å²) in [5.41, 5.74) is 0. The molecule has 27 heteroatoms. The fourth-order valence-corrected chi connectivity index (χ4v) is 8.15. The van der Waals surface area contributed by atoms with Crippen LogP contribution in [0.4, 0.5) is 0 Å². The van der Waals surface area contributed by atoms with Crippen molar-refractivity contribution in [3.05, 3.63) is 0 Å². The number of hydrogen-bond acceptors (Lipinski definition) is 27. The monoisotopic (exact) mass is 1380 g/mol. The molecule has 0 aliphatic rings. The number of aliphatic hydroxyl groups excluding tert-OH is 1. The number of aliphatic hydroxyl groups is 1. The third kappa shape index (κ3) is 90.5. The number of carbonyl (C=O) groups excluding carboxylic acids is 1. The molecule has 0 aliphatic heterocycles. The quantitative estimate of drug-likeness (QED) is 0.0526. The molecule has 0 heterocycles. The smallest absolute Gasteiger partial charge is 0.305 e. The average molecular weight is 1390 g/mol. The Balaban J connectivity index is 3.11. The first-order valence-corrected chi connectivity index (χ1v) is 35.9. The van der Waals surface area contributed by atoms with Gasteiger partial charge >= 0.3 is 5.97 Å². The fourth-order valence-electron chi connectivity index (χ4n) is 8.15. The molecule has 0 saturated heterocycles. The molecular formula is C68H136O27. The van der Waals surface area contributed by atoms with Gasteiger partial charge in [-0.3, -0.25) is 4.79 Å². The maximum atomic E-state index is 12.0. The lowest BCUT2D eigenvalue weighted by Crippen LogP contribution is -2.16. The molecule has 0 saturated carbocycles. The van der Waals surface area contributed by atoms with Gasteiger partial charge in [0, 0.05) is 6.42 Å². The Hall–Kier alpha value is -1.53. The van der Waals surface area contributed by atoms with E-state index in [1.54, 1.807) is 0 Å². The lowest BCUT2D eigenvalue weighted by molar-refractivity contribution is -0.145. The number of unbranched alkanes of at least 4 members (excludes halogenated alkanes) is 14. The second kappa shape index (κ2) is 90.5. The van der Waals surface area contributed by atoms with Crippen LogP contribution >= 0.6 is 0 Å². The lowest BCUT2D eigenvalue weighted by Gasteiger charge is -2.09. The first kappa shape index (κ1) is 93.5. The molecule has 0 aromatic rings. The number of ether oxygens (including phenoxy) is 25. The van der Waals surface area contributed by atoms with E-state index >= 15 is 0 Å². The van der Waals surface area contributed by atoms with Crippen LogP contribution < -0.4 is 0 Å². The zero-order chi connectivity index (χ0) is 67.9. The fraction of sp³-hybridized carbons (Fsp3) is 0.985. The zero-order valence-electron chi connectivity index (χ0n) is 59.2. The molecule has 0 amide bonds. The first-order valence-electron chi connectivity index (χ1n) is 35.9. The largest absolute Gasteiger partial charge is 0.463 e. The summed E-state index contributed by atoms with van der Waals surface area (Å²) in [7, 11) is 0. The molecule has 0 aromatic carbocycles. The van der Waals surface area contributed by atoms with Crippen molar-refractivity contribution in [1.29, 1.82) is 0 Å². The van der Waals surface area contributed by atoms with Gasteiger partial charge in [0.05, 0.1) is 324 Å². The van der Waals surface area contributed by atoms with E-state index in [4.69, 9.17) is 124 Å². The molecule has 27 nitrogen and oxygen atoms in total. The minimum atomic E-state index is -0.137. The molecule has 0 bridgehead atoms. The van der Waals surface area contributed by atoms with Gasteiger partial charge in [0.15, 0.2) is 0 Å². The molecule has 0 aromatic heterocycles. The van der Waals surface area contributed by atoms with Crippen molar-refractivity contribution >= 4 is 5.97 Å². The van der Waals surface area contributed by atoms with Gasteiger partial charge in [-0.2, -0.15) is 0 Å². The Kier molecular flexibility index (Phi) is 89.0. The van der Waals surface area contributed by atoms with Crippen LogP contribution in [-0.2, 0) is 123 Å². The van der Waals surface area contributed by atoms with Crippen LogP contribution in [-0.4, -0.2) is 341 Å². The Bertz CT molecular complexity index is 1360. The molecule has 0 aliphatic carbocycles. The summed E-state index contributed by atoms with van der Waals surface area (Å²) >= 11 is 0. The van der Waals surface area contributed by atoms with Crippen LogP contribution in [0.3, 0.4) is 0 Å². The minimum absolute atomic E-state index is 0.0172. The number of rotatable bonds is 90. The zero-order valence-corrected chi connectivity index (χ0v) is 59.2. The van der Waals surface area contributed by atoms with E-state index in [9.17, 15) is 4.79 Å². The van der Waals surface area contributed by atoms with E-state index in [1.807, 2.05) is 0 Å². The lowest BCUT2D eigenvalue weighted by atomic mass is 10.0. The van der Waals surface area contributed by atoms with E-state index in [0.717, 1.165) is 12.8 Å². The average Bonchev–Trinajstić information content (AvgIpc) is 3.61. The minimum Gasteiger partial charge on any atom is -0.463 e. The summed E-state index contributed by atoms with van der Waals surface area (Å²) in [5, 5.41) is 8.62. The van der Waals surface area contributed by atoms with Crippen molar-refractivity contribution < 1.29 is 128 Å². The maximum absolute atomic E-state index is 12.0. The number of hydrogen-bond donors (Lipinski definition) is 1. The predicted molar refractivity (Wildman–Crippen MR) is 357 cm³/mol. The van der Waals surface area contributed by atoms with Crippen molar-refractivity contribution in [2.75, 3.05) is 330 Å². The van der Waals surface area contributed by atoms with E-state index in [1.165, 1.54) is 83.5 Å². The molecule has 0 fully saturated rings. The van der Waals surface area contributed by atoms with Gasteiger partial charge in [0.1, 0.15) is 6.61 Å². The van der Waals surface area contributed by atoms with Gasteiger partial charge in [-0.25, -0.2) is 0 Å². The van der Waals surface area contributed by atoms with Crippen molar-refractivity contribution in [1.82, 2.24) is 0 Å². The summed E-state index contributed by atoms with van der Waals surface area (Å²) in [5.74, 6) is -0.137. The van der Waals surface area contributed by atoms with Crippen LogP contribution in [0.15, 0.2) is 0 Å². The van der Waals surface area contributed by atoms with Crippen molar-refractivity contribution in [2.45, 2.75) is 110 Å². The van der Waals surface area contributed by atoms with Crippen molar-refractivity contribution in [2.24, 2.45) is 0 Å². The van der Waals surface area contributed by atoms with Crippen LogP contribution in [0.5, 0.6) is 0 Å². The molecule has 0 rings (SSSR count). The van der Waals surface area contributed by atoms with Crippen LogP contribution in [0.1, 0.15) is 110 Å². The molecule has 0 unspecified atom stereocenters. The molecule has 0 atom stereocenters. The molecule has 570 valence electrons. The number of esters is 1. The van der Waals surface area contributed by atoms with Gasteiger partial charge in [0.2, 0.25) is 0 Å². The second-order valence-electron chi connectivity index (χ2n) is 21.3. The number of carbonyl (C=O) groups is 1. The van der Waals surface area contributed by atoms with E-state index < -0.39 is 0 Å². The van der Waals surface area contributed by atoms with Gasteiger partial charge in [0.25, 0.3) is 0 Å². The highest BCUT2D eigenvalue weighted by Gasteiger charge is 2.05. The SMILES string of the molecule is CCCCCCCCCCCCCCCCCC(=O)OCCOCCOCCOCCOCCOCCOCCOCCOCCOCCOCCOCCOCCOCCOCCOCCOCCOCCOCCOCCOCCOCCOCCOCCOCCO. The van der Waals surface area contributed by atoms with Crippen molar-refractivity contribution in [3.63, 3.8) is 0 Å². The Morgan fingerprint density at radius 3 is 0.453 bits per heavy atom. The highest BCUT2D eigenvalue weighted by molar-refractivity contribution is 5.69. The molecule has 0 radical (unpaired) electrons. The van der Waals surface area contributed by atoms with Gasteiger partial charge < -0.3 is 124 Å². The summed E-state index contributed by atoms with van der Waals surface area (Å²) in [6.45, 7) is 25.5. The third-order valence-electron chi connectivity index (χ3n) is 13.3. The predicted octanol–water partition coefficient (Wildman–Crippen LogP) is 6.18. The Morgan fingerprint density at radius 1 is 0.179 bits per heavy atom. The standard InChI is InChI=1S/C68H136O27/c1-2-3-4-5-6-7-8-9-10-11-12-13-14-15-16-17-68(70)95-67-66-94-65-64-93-63-62-92-61-60-91-59-58-90-57-56-89-55-54-88-53-52-87-51-50-86-49-48-85-47-46-84-45-44-83-43-42-82-41-40-81-39-38-80-37-36-79-35-34-78-33-32-77-31-30-76-29-28-75-27-26-74-25-24-73-23-22-72-21-20-71-19-18-69/h69H,2-67H2,1H3. The topological polar surface area (TPSA) is 268 Å². The highest BCUT2D eigenvalue weighted by Crippen LogP contribution is 2.14. The summed E-state index contributed by atoms with van der Waals surface area (Å²) in [4.78, 5) is 12.0. The van der Waals surface area contributed by atoms with E-state index in [2.05, 4.69) is 6.92 Å². The van der Waals surface area contributed by atoms with Crippen LogP contribution in [0, 0.1) is 0 Å². The van der Waals surface area contributed by atoms with Crippen molar-refractivity contribution in [3.8, 4) is 0 Å². The summed E-state index contributed by atoms with van der Waals surface area (Å²) in [6, 6.07) is 0. The second-order valence-corrected chi connectivity index (χ2v) is 21.3. The first-order chi connectivity index (χ1) is 47.3. The summed E-state index contributed by atoms with van der Waals surface area (Å²) in [6.07, 6.45) is 20.1. The third-order valence-corrected chi connectivity index (χ3v) is 13.3. The molecular weight excluding hydrogens is 1250 g/mol. The van der Waals surface area contributed by atoms with E-state index in [-0.39, 0.29) is 19.2 Å². The molecule has 0 spiro atoms. The van der Waals surface area contributed by atoms with Gasteiger partial charge in [-0.05, 0) is 6.42 Å². The maximum Gasteiger partial charge on any atom is 0.305 e. The van der Waals surface area contributed by atoms with Gasteiger partial charge in [-0.15, -0.1) is 0 Å². The molecule has 1 N–H and O–H groups in total. The Labute approximate surface area is 572 Å². The van der Waals surface area contributed by atoms with Gasteiger partial charge in [-0.1, -0.05) is 96.8 Å². The van der Waals surface area contributed by atoms with Crippen LogP contribution in [0.2, 0.25) is 0 Å².